The largest absolute Gasteiger partial charge is 0.292 e. The highest BCUT2D eigenvalue weighted by atomic mass is 35.5. The highest BCUT2D eigenvalue weighted by molar-refractivity contribution is 5.95. The minimum Gasteiger partial charge on any atom is -0.292 e. The topological polar surface area (TPSA) is 106 Å². The summed E-state index contributed by atoms with van der Waals surface area (Å²) < 4.78 is 0. The summed E-state index contributed by atoms with van der Waals surface area (Å²) in [4.78, 5) is 30.6. The zero-order chi connectivity index (χ0) is 12.0. The number of hydrogen-bond donors (Lipinski definition) is 3. The van der Waals surface area contributed by atoms with E-state index in [1.165, 1.54) is 31.5 Å². The zero-order valence-electron chi connectivity index (χ0n) is 9.45. The number of aromatic nitrogens is 1. The second kappa shape index (κ2) is 9.60. The average molecular weight is 297 g/mol. The molecule has 1 atom stereocenters. The number of halogens is 2. The van der Waals surface area contributed by atoms with Crippen molar-refractivity contribution in [2.75, 3.05) is 0 Å². The second-order valence-corrected chi connectivity index (χ2v) is 2.96. The van der Waals surface area contributed by atoms with Gasteiger partial charge in [-0.15, -0.1) is 24.8 Å². The molecule has 1 rings (SSSR count). The molecule has 0 aromatic carbocycles. The molecule has 18 heavy (non-hydrogen) atoms. The van der Waals surface area contributed by atoms with E-state index in [1.807, 2.05) is 0 Å². The van der Waals surface area contributed by atoms with E-state index in [0.717, 1.165) is 0 Å². The molecule has 2 amide bonds. The predicted octanol–water partition coefficient (Wildman–Crippen LogP) is -0.0350. The van der Waals surface area contributed by atoms with Gasteiger partial charge >= 0.3 is 0 Å². The van der Waals surface area contributed by atoms with Crippen LogP contribution in [0.1, 0.15) is 17.3 Å². The molecule has 0 saturated heterocycles. The quantitative estimate of drug-likeness (QED) is 0.679. The van der Waals surface area contributed by atoms with Gasteiger partial charge in [-0.3, -0.25) is 30.3 Å². The summed E-state index contributed by atoms with van der Waals surface area (Å²) in [5.41, 5.74) is 4.77. The Morgan fingerprint density at radius 1 is 1.28 bits per heavy atom. The Bertz CT molecular complexity index is 377. The third kappa shape index (κ3) is 5.78. The van der Waals surface area contributed by atoms with Gasteiger partial charge in [-0.2, -0.15) is 0 Å². The van der Waals surface area contributed by atoms with Gasteiger partial charge in [0.2, 0.25) is 0 Å². The van der Waals surface area contributed by atoms with Crippen molar-refractivity contribution in [2.45, 2.75) is 13.0 Å². The lowest BCUT2D eigenvalue weighted by Gasteiger charge is -2.10. The summed E-state index contributed by atoms with van der Waals surface area (Å²) in [5, 5.41) is 0. The van der Waals surface area contributed by atoms with E-state index in [4.69, 9.17) is 5.90 Å². The van der Waals surface area contributed by atoms with Gasteiger partial charge < -0.3 is 0 Å². The van der Waals surface area contributed by atoms with Crippen molar-refractivity contribution in [1.82, 2.24) is 15.8 Å². The molecular formula is C9H14Cl2N4O3. The van der Waals surface area contributed by atoms with E-state index in [1.54, 1.807) is 0 Å². The van der Waals surface area contributed by atoms with Crippen LogP contribution >= 0.6 is 24.8 Å². The maximum absolute atomic E-state index is 11.4. The first kappa shape index (κ1) is 18.9. The van der Waals surface area contributed by atoms with Gasteiger partial charge in [-0.1, -0.05) is 0 Å². The number of nitrogens with zero attached hydrogens (tertiary/aromatic N) is 1. The Labute approximate surface area is 116 Å². The molecule has 0 aliphatic carbocycles. The Morgan fingerprint density at radius 2 is 1.83 bits per heavy atom. The van der Waals surface area contributed by atoms with Crippen LogP contribution in [0.2, 0.25) is 0 Å². The molecule has 1 heterocycles. The number of nitrogens with two attached hydrogens (primary N) is 1. The summed E-state index contributed by atoms with van der Waals surface area (Å²) in [7, 11) is 0. The van der Waals surface area contributed by atoms with Crippen LogP contribution in [0.5, 0.6) is 0 Å². The van der Waals surface area contributed by atoms with Crippen LogP contribution in [0.3, 0.4) is 0 Å². The molecule has 0 saturated carbocycles. The smallest absolute Gasteiger partial charge is 0.269 e. The molecule has 1 aromatic rings. The molecule has 0 radical (unpaired) electrons. The van der Waals surface area contributed by atoms with Gasteiger partial charge in [0.1, 0.15) is 0 Å². The number of nitrogens with one attached hydrogen (secondary N) is 2. The third-order valence-electron chi connectivity index (χ3n) is 1.82. The average Bonchev–Trinajstić information content (AvgIpc) is 2.35. The molecule has 0 spiro atoms. The molecule has 0 aliphatic heterocycles. The second-order valence-electron chi connectivity index (χ2n) is 2.96. The lowest BCUT2D eigenvalue weighted by Crippen LogP contribution is -2.46. The lowest BCUT2D eigenvalue weighted by molar-refractivity contribution is -0.132. The van der Waals surface area contributed by atoms with Crippen molar-refractivity contribution in [2.24, 2.45) is 5.90 Å². The molecule has 4 N–H and O–H groups in total. The molecular weight excluding hydrogens is 283 g/mol. The van der Waals surface area contributed by atoms with Crippen LogP contribution in [0.4, 0.5) is 0 Å². The molecule has 9 heteroatoms. The van der Waals surface area contributed by atoms with Gasteiger partial charge in [0.25, 0.3) is 11.8 Å². The maximum atomic E-state index is 11.4. The van der Waals surface area contributed by atoms with Crippen molar-refractivity contribution in [1.29, 1.82) is 0 Å². The van der Waals surface area contributed by atoms with Crippen molar-refractivity contribution >= 4 is 36.6 Å². The van der Waals surface area contributed by atoms with Crippen molar-refractivity contribution in [3.8, 4) is 0 Å². The van der Waals surface area contributed by atoms with Gasteiger partial charge in [0.05, 0.1) is 0 Å². The lowest BCUT2D eigenvalue weighted by atomic mass is 10.2. The summed E-state index contributed by atoms with van der Waals surface area (Å²) in [6.07, 6.45) is 2.11. The summed E-state index contributed by atoms with van der Waals surface area (Å²) >= 11 is 0. The number of hydrazine groups is 1. The van der Waals surface area contributed by atoms with E-state index >= 15 is 0 Å². The number of amides is 2. The maximum Gasteiger partial charge on any atom is 0.269 e. The fraction of sp³-hybridized carbons (Fsp3) is 0.222. The number of hydrogen-bond acceptors (Lipinski definition) is 5. The fourth-order valence-electron chi connectivity index (χ4n) is 0.857. The first-order chi connectivity index (χ1) is 7.65. The van der Waals surface area contributed by atoms with Crippen LogP contribution in [0.15, 0.2) is 24.5 Å². The van der Waals surface area contributed by atoms with E-state index in [9.17, 15) is 9.59 Å². The molecule has 0 bridgehead atoms. The predicted molar refractivity (Wildman–Crippen MR) is 69.1 cm³/mol. The number of pyridine rings is 1. The molecule has 1 aromatic heterocycles. The fourth-order valence-corrected chi connectivity index (χ4v) is 0.857. The minimum atomic E-state index is -0.835. The van der Waals surface area contributed by atoms with Gasteiger partial charge in [0.15, 0.2) is 6.10 Å². The van der Waals surface area contributed by atoms with Crippen LogP contribution < -0.4 is 16.7 Å². The van der Waals surface area contributed by atoms with Gasteiger partial charge in [-0.05, 0) is 19.1 Å². The Balaban J connectivity index is 0. The highest BCUT2D eigenvalue weighted by Gasteiger charge is 2.13. The van der Waals surface area contributed by atoms with Crippen molar-refractivity contribution in [3.63, 3.8) is 0 Å². The van der Waals surface area contributed by atoms with Crippen molar-refractivity contribution in [3.05, 3.63) is 30.1 Å². The normalized spacial score (nSPS) is 10.3. The van der Waals surface area contributed by atoms with Crippen LogP contribution in [0.25, 0.3) is 0 Å². The van der Waals surface area contributed by atoms with E-state index < -0.39 is 17.9 Å². The summed E-state index contributed by atoms with van der Waals surface area (Å²) in [5.74, 6) is 3.83. The Hall–Kier alpha value is -1.41. The minimum absolute atomic E-state index is 0. The van der Waals surface area contributed by atoms with Gasteiger partial charge in [0, 0.05) is 18.0 Å². The van der Waals surface area contributed by atoms with Gasteiger partial charge in [-0.25, -0.2) is 5.90 Å². The first-order valence-corrected chi connectivity index (χ1v) is 4.51. The summed E-state index contributed by atoms with van der Waals surface area (Å²) in [6.45, 7) is 1.45. The number of carbonyl (C=O) groups excluding carboxylic acids is 2. The SMILES string of the molecule is CC(ON)C(=O)NNC(=O)c1ccncc1.Cl.Cl. The van der Waals surface area contributed by atoms with Crippen molar-refractivity contribution < 1.29 is 14.4 Å². The molecule has 7 nitrogen and oxygen atoms in total. The standard InChI is InChI=1S/C9H12N4O3.2ClH/c1-6(16-10)8(14)12-13-9(15)7-2-4-11-5-3-7;;/h2-6H,10H2,1H3,(H,12,14)(H,13,15);2*1H. The van der Waals surface area contributed by atoms with Crippen LogP contribution in [-0.2, 0) is 9.63 Å². The Morgan fingerprint density at radius 3 is 2.33 bits per heavy atom. The molecule has 102 valence electrons. The van der Waals surface area contributed by atoms with E-state index in [-0.39, 0.29) is 24.8 Å². The Kier molecular flexibility index (Phi) is 10.1. The number of rotatable bonds is 3. The third-order valence-corrected chi connectivity index (χ3v) is 1.82. The summed E-state index contributed by atoms with van der Waals surface area (Å²) in [6, 6.07) is 3.04. The monoisotopic (exact) mass is 296 g/mol. The highest BCUT2D eigenvalue weighted by Crippen LogP contribution is 1.94. The zero-order valence-corrected chi connectivity index (χ0v) is 11.1. The molecule has 1 unspecified atom stereocenters. The molecule has 0 fully saturated rings. The van der Waals surface area contributed by atoms with Crippen LogP contribution in [0, 0.1) is 0 Å². The van der Waals surface area contributed by atoms with Crippen LogP contribution in [-0.4, -0.2) is 22.9 Å². The molecule has 0 aliphatic rings. The first-order valence-electron chi connectivity index (χ1n) is 4.51. The van der Waals surface area contributed by atoms with E-state index in [0.29, 0.717) is 5.56 Å². The number of carbonyl (C=O) groups is 2. The van der Waals surface area contributed by atoms with E-state index in [2.05, 4.69) is 20.7 Å².